The van der Waals surface area contributed by atoms with Crippen LogP contribution >= 0.6 is 0 Å². The van der Waals surface area contributed by atoms with E-state index in [-0.39, 0.29) is 6.10 Å². The lowest BCUT2D eigenvalue weighted by atomic mass is 9.90. The summed E-state index contributed by atoms with van der Waals surface area (Å²) in [6, 6.07) is 0.552. The largest absolute Gasteiger partial charge is 0.392 e. The van der Waals surface area contributed by atoms with Gasteiger partial charge in [0.15, 0.2) is 0 Å². The molecule has 3 atom stereocenters. The van der Waals surface area contributed by atoms with Crippen LogP contribution < -0.4 is 0 Å². The summed E-state index contributed by atoms with van der Waals surface area (Å²) in [5, 5.41) is 9.99. The smallest absolute Gasteiger partial charge is 0.0730 e. The lowest BCUT2D eigenvalue weighted by Gasteiger charge is -2.44. The molecule has 1 N–H and O–H groups in total. The number of rotatable bonds is 5. The third-order valence-electron chi connectivity index (χ3n) is 4.00. The van der Waals surface area contributed by atoms with Gasteiger partial charge in [0.1, 0.15) is 0 Å². The molecule has 3 nitrogen and oxygen atoms in total. The van der Waals surface area contributed by atoms with Gasteiger partial charge in [-0.2, -0.15) is 0 Å². The highest BCUT2D eigenvalue weighted by atomic mass is 16.5. The zero-order valence-corrected chi connectivity index (χ0v) is 10.7. The number of fused-ring (bicyclic) bond motifs is 1. The average molecular weight is 239 g/mol. The van der Waals surface area contributed by atoms with E-state index in [0.29, 0.717) is 12.1 Å². The molecule has 98 valence electrons. The van der Waals surface area contributed by atoms with Crippen LogP contribution in [0.2, 0.25) is 0 Å². The van der Waals surface area contributed by atoms with Gasteiger partial charge in [-0.25, -0.2) is 0 Å². The van der Waals surface area contributed by atoms with E-state index in [4.69, 9.17) is 4.74 Å². The molecular weight excluding hydrogens is 214 g/mol. The van der Waals surface area contributed by atoms with Crippen LogP contribution in [0.3, 0.4) is 0 Å². The monoisotopic (exact) mass is 239 g/mol. The third-order valence-corrected chi connectivity index (χ3v) is 4.00. The minimum atomic E-state index is -0.214. The number of hydrogen-bond donors (Lipinski definition) is 1. The first-order valence-corrected chi connectivity index (χ1v) is 6.96. The number of ether oxygens (including phenoxy) is 1. The molecular formula is C14H25NO2. The summed E-state index contributed by atoms with van der Waals surface area (Å²) >= 11 is 0. The van der Waals surface area contributed by atoms with Gasteiger partial charge in [0, 0.05) is 19.1 Å². The molecule has 1 aliphatic carbocycles. The van der Waals surface area contributed by atoms with Crippen molar-refractivity contribution >= 4 is 0 Å². The van der Waals surface area contributed by atoms with Crippen molar-refractivity contribution in [1.29, 1.82) is 0 Å². The Morgan fingerprint density at radius 2 is 2.24 bits per heavy atom. The number of aliphatic hydroxyl groups excluding tert-OH is 1. The van der Waals surface area contributed by atoms with Crippen LogP contribution in [0.4, 0.5) is 0 Å². The fourth-order valence-corrected chi connectivity index (χ4v) is 3.08. The minimum absolute atomic E-state index is 0.214. The summed E-state index contributed by atoms with van der Waals surface area (Å²) in [6.07, 6.45) is 8.86. The highest BCUT2D eigenvalue weighted by Gasteiger charge is 2.34. The SMILES string of the molecule is C=CCCC(O)CN1CCOC2CCCCC21. The number of nitrogens with zero attached hydrogens (tertiary/aromatic N) is 1. The molecule has 2 aliphatic rings. The van der Waals surface area contributed by atoms with Crippen molar-refractivity contribution in [3.63, 3.8) is 0 Å². The number of aliphatic hydroxyl groups is 1. The van der Waals surface area contributed by atoms with E-state index in [9.17, 15) is 5.11 Å². The molecule has 3 heteroatoms. The Kier molecular flexibility index (Phi) is 5.01. The van der Waals surface area contributed by atoms with Gasteiger partial charge in [-0.1, -0.05) is 18.9 Å². The predicted octanol–water partition coefficient (Wildman–Crippen LogP) is 1.96. The van der Waals surface area contributed by atoms with Gasteiger partial charge >= 0.3 is 0 Å². The average Bonchev–Trinajstić information content (AvgIpc) is 2.37. The Labute approximate surface area is 104 Å². The van der Waals surface area contributed by atoms with Crippen LogP contribution in [0.1, 0.15) is 38.5 Å². The molecule has 2 rings (SSSR count). The second-order valence-corrected chi connectivity index (χ2v) is 5.28. The normalized spacial score (nSPS) is 31.8. The summed E-state index contributed by atoms with van der Waals surface area (Å²) in [6.45, 7) is 6.31. The number of hydrogen-bond acceptors (Lipinski definition) is 3. The number of allylic oxidation sites excluding steroid dienone is 1. The highest BCUT2D eigenvalue weighted by molar-refractivity contribution is 4.88. The maximum atomic E-state index is 9.99. The van der Waals surface area contributed by atoms with E-state index in [0.717, 1.165) is 32.5 Å². The van der Waals surface area contributed by atoms with E-state index in [1.807, 2.05) is 6.08 Å². The molecule has 0 aromatic rings. The second-order valence-electron chi connectivity index (χ2n) is 5.28. The number of morpholine rings is 1. The summed E-state index contributed by atoms with van der Waals surface area (Å²) in [4.78, 5) is 2.45. The van der Waals surface area contributed by atoms with E-state index in [1.54, 1.807) is 0 Å². The van der Waals surface area contributed by atoms with Gasteiger partial charge in [-0.05, 0) is 25.7 Å². The Balaban J connectivity index is 1.83. The fraction of sp³-hybridized carbons (Fsp3) is 0.857. The summed E-state index contributed by atoms with van der Waals surface area (Å²) < 4.78 is 5.84. The molecule has 0 aromatic carbocycles. The van der Waals surface area contributed by atoms with Crippen molar-refractivity contribution in [2.24, 2.45) is 0 Å². The van der Waals surface area contributed by atoms with Crippen LogP contribution in [0, 0.1) is 0 Å². The Bertz CT molecular complexity index is 242. The van der Waals surface area contributed by atoms with Crippen molar-refractivity contribution < 1.29 is 9.84 Å². The van der Waals surface area contributed by atoms with Crippen molar-refractivity contribution in [2.75, 3.05) is 19.7 Å². The maximum Gasteiger partial charge on any atom is 0.0730 e. The first-order chi connectivity index (χ1) is 8.31. The van der Waals surface area contributed by atoms with Crippen LogP contribution in [0.15, 0.2) is 12.7 Å². The zero-order valence-electron chi connectivity index (χ0n) is 10.7. The molecule has 1 saturated heterocycles. The second kappa shape index (κ2) is 6.53. The van der Waals surface area contributed by atoms with Gasteiger partial charge in [0.25, 0.3) is 0 Å². The van der Waals surface area contributed by atoms with Crippen LogP contribution in [-0.2, 0) is 4.74 Å². The molecule has 0 bridgehead atoms. The lowest BCUT2D eigenvalue weighted by molar-refractivity contribution is -0.0974. The first kappa shape index (κ1) is 13.1. The minimum Gasteiger partial charge on any atom is -0.392 e. The molecule has 1 heterocycles. The molecule has 17 heavy (non-hydrogen) atoms. The highest BCUT2D eigenvalue weighted by Crippen LogP contribution is 2.28. The Morgan fingerprint density at radius 1 is 1.41 bits per heavy atom. The van der Waals surface area contributed by atoms with Crippen LogP contribution in [-0.4, -0.2) is 48.0 Å². The summed E-state index contributed by atoms with van der Waals surface area (Å²) in [5.74, 6) is 0. The zero-order chi connectivity index (χ0) is 12.1. The summed E-state index contributed by atoms with van der Waals surface area (Å²) in [7, 11) is 0. The fourth-order valence-electron chi connectivity index (χ4n) is 3.08. The number of β-amino-alcohol motifs (C(OH)–C–C–N with tert-alkyl or cyclic N) is 1. The molecule has 0 aromatic heterocycles. The van der Waals surface area contributed by atoms with Crippen molar-refractivity contribution in [1.82, 2.24) is 4.90 Å². The molecule has 2 fully saturated rings. The van der Waals surface area contributed by atoms with Gasteiger partial charge < -0.3 is 9.84 Å². The quantitative estimate of drug-likeness (QED) is 0.744. The van der Waals surface area contributed by atoms with Crippen molar-refractivity contribution in [2.45, 2.75) is 56.8 Å². The van der Waals surface area contributed by atoms with Gasteiger partial charge in [0.2, 0.25) is 0 Å². The van der Waals surface area contributed by atoms with Gasteiger partial charge in [-0.3, -0.25) is 4.90 Å². The van der Waals surface area contributed by atoms with Gasteiger partial charge in [0.05, 0.1) is 18.8 Å². The van der Waals surface area contributed by atoms with Crippen molar-refractivity contribution in [3.8, 4) is 0 Å². The van der Waals surface area contributed by atoms with E-state index < -0.39 is 0 Å². The van der Waals surface area contributed by atoms with E-state index in [2.05, 4.69) is 11.5 Å². The topological polar surface area (TPSA) is 32.7 Å². The van der Waals surface area contributed by atoms with E-state index >= 15 is 0 Å². The summed E-state index contributed by atoms with van der Waals surface area (Å²) in [5.41, 5.74) is 0. The molecule has 3 unspecified atom stereocenters. The first-order valence-electron chi connectivity index (χ1n) is 6.96. The van der Waals surface area contributed by atoms with Crippen molar-refractivity contribution in [3.05, 3.63) is 12.7 Å². The molecule has 1 saturated carbocycles. The lowest BCUT2D eigenvalue weighted by Crippen LogP contribution is -2.54. The van der Waals surface area contributed by atoms with Gasteiger partial charge in [-0.15, -0.1) is 6.58 Å². The predicted molar refractivity (Wildman–Crippen MR) is 69.0 cm³/mol. The standard InChI is InChI=1S/C14H25NO2/c1-2-3-6-12(16)11-15-9-10-17-14-8-5-4-7-13(14)15/h2,12-14,16H,1,3-11H2. The van der Waals surface area contributed by atoms with Crippen LogP contribution in [0.5, 0.6) is 0 Å². The third kappa shape index (κ3) is 3.54. The molecule has 0 spiro atoms. The molecule has 0 amide bonds. The van der Waals surface area contributed by atoms with E-state index in [1.165, 1.54) is 25.7 Å². The maximum absolute atomic E-state index is 9.99. The Morgan fingerprint density at radius 3 is 3.06 bits per heavy atom. The van der Waals surface area contributed by atoms with Crippen LogP contribution in [0.25, 0.3) is 0 Å². The molecule has 1 aliphatic heterocycles. The Hall–Kier alpha value is -0.380. The molecule has 0 radical (unpaired) electrons.